The van der Waals surface area contributed by atoms with Crippen LogP contribution in [0, 0.1) is 0 Å². The molecular weight excluding hydrogens is 354 g/mol. The lowest BCUT2D eigenvalue weighted by Gasteiger charge is -2.16. The number of nitrogens with one attached hydrogen (secondary N) is 1. The van der Waals surface area contributed by atoms with Gasteiger partial charge < -0.3 is 15.2 Å². The number of amides is 1. The Labute approximate surface area is 163 Å². The summed E-state index contributed by atoms with van der Waals surface area (Å²) in [5.41, 5.74) is 3.22. The Hall–Kier alpha value is -3.60. The van der Waals surface area contributed by atoms with E-state index in [0.29, 0.717) is 11.3 Å². The number of aromatic hydroxyl groups is 1. The standard InChI is InChI=1S/C23H21NO4/c1-16(28-22(26)15-17-11-13-19(25)14-12-17)23(27)24-21-10-6-5-9-20(21)18-7-3-2-4-8-18/h2-14,16,25H,15H2,1H3,(H,24,27)/t16-/m1/s1. The zero-order chi connectivity index (χ0) is 19.9. The third kappa shape index (κ3) is 4.98. The molecule has 0 unspecified atom stereocenters. The molecule has 2 N–H and O–H groups in total. The van der Waals surface area contributed by atoms with Crippen LogP contribution in [0.2, 0.25) is 0 Å². The molecule has 0 heterocycles. The third-order valence-electron chi connectivity index (χ3n) is 4.23. The molecule has 0 aliphatic rings. The van der Waals surface area contributed by atoms with Crippen LogP contribution in [-0.2, 0) is 20.7 Å². The second kappa shape index (κ2) is 8.86. The minimum atomic E-state index is -0.937. The molecule has 3 rings (SSSR count). The molecule has 0 aromatic heterocycles. The first-order chi connectivity index (χ1) is 13.5. The first-order valence-electron chi connectivity index (χ1n) is 8.95. The molecule has 5 nitrogen and oxygen atoms in total. The van der Waals surface area contributed by atoms with E-state index in [2.05, 4.69) is 5.32 Å². The maximum atomic E-state index is 12.5. The molecule has 0 aliphatic heterocycles. The predicted molar refractivity (Wildman–Crippen MR) is 108 cm³/mol. The van der Waals surface area contributed by atoms with E-state index in [1.165, 1.54) is 19.1 Å². The molecule has 1 amide bonds. The lowest BCUT2D eigenvalue weighted by atomic mass is 10.0. The maximum absolute atomic E-state index is 12.5. The summed E-state index contributed by atoms with van der Waals surface area (Å²) in [5, 5.41) is 12.1. The summed E-state index contributed by atoms with van der Waals surface area (Å²) in [6, 6.07) is 23.5. The van der Waals surface area contributed by atoms with Gasteiger partial charge >= 0.3 is 5.97 Å². The molecule has 0 spiro atoms. The average molecular weight is 375 g/mol. The van der Waals surface area contributed by atoms with Crippen molar-refractivity contribution in [3.8, 4) is 16.9 Å². The van der Waals surface area contributed by atoms with E-state index < -0.39 is 18.0 Å². The number of carbonyl (C=O) groups is 2. The van der Waals surface area contributed by atoms with Gasteiger partial charge in [-0.15, -0.1) is 0 Å². The van der Waals surface area contributed by atoms with Crippen molar-refractivity contribution in [1.82, 2.24) is 0 Å². The first kappa shape index (κ1) is 19.2. The minimum absolute atomic E-state index is 0.0263. The van der Waals surface area contributed by atoms with Gasteiger partial charge in [0.25, 0.3) is 5.91 Å². The third-order valence-corrected chi connectivity index (χ3v) is 4.23. The number of ether oxygens (including phenoxy) is 1. The van der Waals surface area contributed by atoms with Crippen LogP contribution >= 0.6 is 0 Å². The van der Waals surface area contributed by atoms with Gasteiger partial charge in [-0.3, -0.25) is 9.59 Å². The second-order valence-electron chi connectivity index (χ2n) is 6.38. The topological polar surface area (TPSA) is 75.6 Å². The number of benzene rings is 3. The van der Waals surface area contributed by atoms with Gasteiger partial charge in [0.2, 0.25) is 0 Å². The van der Waals surface area contributed by atoms with E-state index in [1.807, 2.05) is 54.6 Å². The van der Waals surface area contributed by atoms with Crippen molar-refractivity contribution in [3.05, 3.63) is 84.4 Å². The Morgan fingerprint density at radius 2 is 1.57 bits per heavy atom. The minimum Gasteiger partial charge on any atom is -0.508 e. The number of hydrogen-bond acceptors (Lipinski definition) is 4. The predicted octanol–water partition coefficient (Wildman–Crippen LogP) is 4.17. The lowest BCUT2D eigenvalue weighted by molar-refractivity contribution is -0.152. The van der Waals surface area contributed by atoms with Crippen molar-refractivity contribution < 1.29 is 19.4 Å². The van der Waals surface area contributed by atoms with Crippen molar-refractivity contribution in [2.75, 3.05) is 5.32 Å². The zero-order valence-electron chi connectivity index (χ0n) is 15.5. The Bertz CT molecular complexity index is 952. The van der Waals surface area contributed by atoms with E-state index in [-0.39, 0.29) is 12.2 Å². The highest BCUT2D eigenvalue weighted by Gasteiger charge is 2.19. The normalized spacial score (nSPS) is 11.5. The van der Waals surface area contributed by atoms with Crippen LogP contribution in [-0.4, -0.2) is 23.1 Å². The van der Waals surface area contributed by atoms with Crippen LogP contribution in [0.1, 0.15) is 12.5 Å². The number of hydrogen-bond donors (Lipinski definition) is 2. The summed E-state index contributed by atoms with van der Waals surface area (Å²) >= 11 is 0. The van der Waals surface area contributed by atoms with Crippen LogP contribution in [0.4, 0.5) is 5.69 Å². The second-order valence-corrected chi connectivity index (χ2v) is 6.38. The number of para-hydroxylation sites is 1. The summed E-state index contributed by atoms with van der Waals surface area (Å²) in [6.45, 7) is 1.54. The van der Waals surface area contributed by atoms with E-state index in [9.17, 15) is 14.7 Å². The maximum Gasteiger partial charge on any atom is 0.311 e. The summed E-state index contributed by atoms with van der Waals surface area (Å²) < 4.78 is 5.25. The van der Waals surface area contributed by atoms with Crippen LogP contribution < -0.4 is 5.32 Å². The molecule has 0 saturated heterocycles. The highest BCUT2D eigenvalue weighted by atomic mass is 16.5. The van der Waals surface area contributed by atoms with Gasteiger partial charge in [-0.05, 0) is 36.2 Å². The van der Waals surface area contributed by atoms with E-state index >= 15 is 0 Å². The van der Waals surface area contributed by atoms with Gasteiger partial charge in [0.15, 0.2) is 6.10 Å². The molecule has 3 aromatic carbocycles. The zero-order valence-corrected chi connectivity index (χ0v) is 15.5. The van der Waals surface area contributed by atoms with Crippen LogP contribution in [0.5, 0.6) is 5.75 Å². The van der Waals surface area contributed by atoms with Gasteiger partial charge in [0.05, 0.1) is 6.42 Å². The number of anilines is 1. The summed E-state index contributed by atoms with van der Waals surface area (Å²) in [5.74, 6) is -0.783. The first-order valence-corrected chi connectivity index (χ1v) is 8.95. The Morgan fingerprint density at radius 1 is 0.929 bits per heavy atom. The van der Waals surface area contributed by atoms with E-state index in [4.69, 9.17) is 4.74 Å². The molecule has 5 heteroatoms. The molecule has 3 aromatic rings. The highest BCUT2D eigenvalue weighted by molar-refractivity contribution is 5.98. The lowest BCUT2D eigenvalue weighted by Crippen LogP contribution is -2.30. The number of carbonyl (C=O) groups excluding carboxylic acids is 2. The molecule has 142 valence electrons. The Balaban J connectivity index is 1.63. The van der Waals surface area contributed by atoms with Crippen molar-refractivity contribution in [3.63, 3.8) is 0 Å². The van der Waals surface area contributed by atoms with Crippen LogP contribution in [0.15, 0.2) is 78.9 Å². The summed E-state index contributed by atoms with van der Waals surface area (Å²) in [7, 11) is 0. The summed E-state index contributed by atoms with van der Waals surface area (Å²) in [6.07, 6.45) is -0.910. The number of rotatable bonds is 6. The van der Waals surface area contributed by atoms with Crippen molar-refractivity contribution in [1.29, 1.82) is 0 Å². The van der Waals surface area contributed by atoms with Gasteiger partial charge in [-0.2, -0.15) is 0 Å². The quantitative estimate of drug-likeness (QED) is 0.634. The number of esters is 1. The molecule has 0 fully saturated rings. The number of phenolic OH excluding ortho intramolecular Hbond substituents is 1. The smallest absolute Gasteiger partial charge is 0.311 e. The van der Waals surface area contributed by atoms with Gasteiger partial charge in [0, 0.05) is 11.3 Å². The fourth-order valence-corrected chi connectivity index (χ4v) is 2.77. The Morgan fingerprint density at radius 3 is 2.29 bits per heavy atom. The molecule has 1 atom stereocenters. The van der Waals surface area contributed by atoms with Gasteiger partial charge in [-0.25, -0.2) is 0 Å². The number of phenols is 1. The highest BCUT2D eigenvalue weighted by Crippen LogP contribution is 2.27. The van der Waals surface area contributed by atoms with E-state index in [0.717, 1.165) is 11.1 Å². The van der Waals surface area contributed by atoms with Crippen LogP contribution in [0.3, 0.4) is 0 Å². The fraction of sp³-hybridized carbons (Fsp3) is 0.130. The van der Waals surface area contributed by atoms with Crippen LogP contribution in [0.25, 0.3) is 11.1 Å². The molecular formula is C23H21NO4. The molecule has 0 saturated carbocycles. The Kier molecular flexibility index (Phi) is 6.07. The SMILES string of the molecule is C[C@@H](OC(=O)Cc1ccc(O)cc1)C(=O)Nc1ccccc1-c1ccccc1. The van der Waals surface area contributed by atoms with Crippen molar-refractivity contribution in [2.24, 2.45) is 0 Å². The molecule has 0 aliphatic carbocycles. The van der Waals surface area contributed by atoms with Crippen molar-refractivity contribution in [2.45, 2.75) is 19.4 Å². The fourth-order valence-electron chi connectivity index (χ4n) is 2.77. The van der Waals surface area contributed by atoms with Gasteiger partial charge in [-0.1, -0.05) is 60.7 Å². The largest absolute Gasteiger partial charge is 0.508 e. The van der Waals surface area contributed by atoms with E-state index in [1.54, 1.807) is 12.1 Å². The molecule has 0 bridgehead atoms. The molecule has 28 heavy (non-hydrogen) atoms. The summed E-state index contributed by atoms with van der Waals surface area (Å²) in [4.78, 5) is 24.6. The average Bonchev–Trinajstić information content (AvgIpc) is 2.70. The van der Waals surface area contributed by atoms with Crippen molar-refractivity contribution >= 4 is 17.6 Å². The van der Waals surface area contributed by atoms with Gasteiger partial charge in [0.1, 0.15) is 5.75 Å². The molecule has 0 radical (unpaired) electrons. The monoisotopic (exact) mass is 375 g/mol.